The Morgan fingerprint density at radius 3 is 2.67 bits per heavy atom. The molecule has 2 rings (SSSR count). The van der Waals surface area contributed by atoms with E-state index < -0.39 is 0 Å². The summed E-state index contributed by atoms with van der Waals surface area (Å²) in [7, 11) is 1.83. The van der Waals surface area contributed by atoms with Crippen LogP contribution in [-0.2, 0) is 4.74 Å². The molecule has 1 saturated carbocycles. The van der Waals surface area contributed by atoms with Crippen LogP contribution in [0.1, 0.15) is 46.5 Å². The Hall–Kier alpha value is -0.120. The minimum absolute atomic E-state index is 0.284. The van der Waals surface area contributed by atoms with Crippen molar-refractivity contribution in [3.8, 4) is 0 Å². The second-order valence-electron chi connectivity index (χ2n) is 6.85. The maximum Gasteiger partial charge on any atom is 0.0652 e. The average Bonchev–Trinajstić information content (AvgIpc) is 2.39. The molecule has 1 aliphatic heterocycles. The quantitative estimate of drug-likeness (QED) is 0.789. The van der Waals surface area contributed by atoms with Gasteiger partial charge in [-0.1, -0.05) is 20.8 Å². The van der Waals surface area contributed by atoms with Crippen molar-refractivity contribution in [1.82, 2.24) is 10.6 Å². The summed E-state index contributed by atoms with van der Waals surface area (Å²) in [5, 5.41) is 7.38. The molecule has 0 spiro atoms. The molecule has 0 radical (unpaired) electrons. The van der Waals surface area contributed by atoms with Crippen molar-refractivity contribution in [3.05, 3.63) is 0 Å². The first-order valence-electron chi connectivity index (χ1n) is 7.51. The lowest BCUT2D eigenvalue weighted by Crippen LogP contribution is -2.62. The summed E-state index contributed by atoms with van der Waals surface area (Å²) in [5.74, 6) is 0. The van der Waals surface area contributed by atoms with Gasteiger partial charge < -0.3 is 15.4 Å². The lowest BCUT2D eigenvalue weighted by molar-refractivity contribution is -0.0999. The third-order valence-corrected chi connectivity index (χ3v) is 5.50. The van der Waals surface area contributed by atoms with E-state index in [0.717, 1.165) is 13.0 Å². The number of methoxy groups -OCH3 is 1. The van der Waals surface area contributed by atoms with Gasteiger partial charge in [0.2, 0.25) is 0 Å². The Bertz CT molecular complexity index is 272. The van der Waals surface area contributed by atoms with E-state index in [1.165, 1.54) is 32.4 Å². The Kier molecular flexibility index (Phi) is 4.35. The molecule has 3 atom stereocenters. The zero-order chi connectivity index (χ0) is 13.2. The monoisotopic (exact) mass is 254 g/mol. The van der Waals surface area contributed by atoms with E-state index in [9.17, 15) is 0 Å². The van der Waals surface area contributed by atoms with Crippen LogP contribution < -0.4 is 10.6 Å². The number of ether oxygens (including phenoxy) is 1. The second kappa shape index (κ2) is 5.48. The fraction of sp³-hybridized carbons (Fsp3) is 1.00. The summed E-state index contributed by atoms with van der Waals surface area (Å²) in [6.45, 7) is 10.5. The molecule has 106 valence electrons. The molecule has 3 unspecified atom stereocenters. The predicted molar refractivity (Wildman–Crippen MR) is 75.8 cm³/mol. The highest BCUT2D eigenvalue weighted by molar-refractivity contribution is 5.03. The maximum atomic E-state index is 5.52. The summed E-state index contributed by atoms with van der Waals surface area (Å²) in [6, 6.07) is 0.618. The van der Waals surface area contributed by atoms with Gasteiger partial charge in [-0.05, 0) is 37.6 Å². The van der Waals surface area contributed by atoms with Crippen molar-refractivity contribution in [2.75, 3.05) is 26.7 Å². The molecule has 3 nitrogen and oxygen atoms in total. The van der Waals surface area contributed by atoms with Gasteiger partial charge in [-0.2, -0.15) is 0 Å². The van der Waals surface area contributed by atoms with Gasteiger partial charge in [0.1, 0.15) is 0 Å². The second-order valence-corrected chi connectivity index (χ2v) is 6.85. The van der Waals surface area contributed by atoms with Gasteiger partial charge in [0, 0.05) is 31.7 Å². The maximum absolute atomic E-state index is 5.52. The molecule has 2 N–H and O–H groups in total. The zero-order valence-corrected chi connectivity index (χ0v) is 12.5. The summed E-state index contributed by atoms with van der Waals surface area (Å²) >= 11 is 0. The highest BCUT2D eigenvalue weighted by Gasteiger charge is 2.48. The predicted octanol–water partition coefficient (Wildman–Crippen LogP) is 2.17. The summed E-state index contributed by atoms with van der Waals surface area (Å²) < 4.78 is 5.52. The van der Waals surface area contributed by atoms with Crippen molar-refractivity contribution in [2.45, 2.75) is 58.6 Å². The highest BCUT2D eigenvalue weighted by Crippen LogP contribution is 2.43. The van der Waals surface area contributed by atoms with E-state index in [2.05, 4.69) is 31.4 Å². The molecule has 0 aromatic rings. The van der Waals surface area contributed by atoms with Crippen LogP contribution in [0.2, 0.25) is 0 Å². The number of hydrogen-bond acceptors (Lipinski definition) is 3. The van der Waals surface area contributed by atoms with Crippen molar-refractivity contribution in [3.63, 3.8) is 0 Å². The van der Waals surface area contributed by atoms with E-state index in [4.69, 9.17) is 4.74 Å². The highest BCUT2D eigenvalue weighted by atomic mass is 16.5. The Morgan fingerprint density at radius 2 is 2.17 bits per heavy atom. The fourth-order valence-electron chi connectivity index (χ4n) is 3.58. The fourth-order valence-corrected chi connectivity index (χ4v) is 3.58. The van der Waals surface area contributed by atoms with Gasteiger partial charge in [0.05, 0.1) is 6.10 Å². The molecule has 0 bridgehead atoms. The van der Waals surface area contributed by atoms with Crippen molar-refractivity contribution < 1.29 is 4.74 Å². The molecule has 0 aromatic heterocycles. The first-order chi connectivity index (χ1) is 8.54. The number of rotatable bonds is 5. The average molecular weight is 254 g/mol. The number of nitrogens with one attached hydrogen (secondary N) is 2. The lowest BCUT2D eigenvalue weighted by Gasteiger charge is -2.52. The van der Waals surface area contributed by atoms with Crippen molar-refractivity contribution in [1.29, 1.82) is 0 Å². The molecular formula is C15H30N2O. The third kappa shape index (κ3) is 2.59. The third-order valence-electron chi connectivity index (χ3n) is 5.50. The van der Waals surface area contributed by atoms with Gasteiger partial charge in [-0.25, -0.2) is 0 Å². The molecule has 3 heteroatoms. The minimum atomic E-state index is 0.284. The Labute approximate surface area is 112 Å². The van der Waals surface area contributed by atoms with Crippen LogP contribution in [0.25, 0.3) is 0 Å². The summed E-state index contributed by atoms with van der Waals surface area (Å²) in [4.78, 5) is 0. The molecular weight excluding hydrogens is 224 g/mol. The smallest absolute Gasteiger partial charge is 0.0652 e. The largest absolute Gasteiger partial charge is 0.381 e. The zero-order valence-electron chi connectivity index (χ0n) is 12.5. The van der Waals surface area contributed by atoms with E-state index >= 15 is 0 Å². The lowest BCUT2D eigenvalue weighted by atomic mass is 9.64. The van der Waals surface area contributed by atoms with Crippen LogP contribution in [0.15, 0.2) is 0 Å². The Balaban J connectivity index is 1.84. The molecule has 0 aromatic carbocycles. The molecule has 2 aliphatic rings. The van der Waals surface area contributed by atoms with Crippen molar-refractivity contribution >= 4 is 0 Å². The van der Waals surface area contributed by atoms with Crippen LogP contribution in [0.3, 0.4) is 0 Å². The van der Waals surface area contributed by atoms with Gasteiger partial charge in [-0.3, -0.25) is 0 Å². The number of piperidine rings is 1. The van der Waals surface area contributed by atoms with E-state index in [1.54, 1.807) is 0 Å². The SMILES string of the molecule is CCC1(CNC2CC(OC)C2(C)C)CCCNC1. The van der Waals surface area contributed by atoms with Crippen LogP contribution in [0.5, 0.6) is 0 Å². The van der Waals surface area contributed by atoms with E-state index in [1.807, 2.05) is 7.11 Å². The van der Waals surface area contributed by atoms with Crippen LogP contribution >= 0.6 is 0 Å². The normalized spacial score (nSPS) is 39.3. The van der Waals surface area contributed by atoms with E-state index in [-0.39, 0.29) is 5.41 Å². The van der Waals surface area contributed by atoms with Crippen LogP contribution in [0, 0.1) is 10.8 Å². The van der Waals surface area contributed by atoms with Gasteiger partial charge in [0.25, 0.3) is 0 Å². The molecule has 1 aliphatic carbocycles. The topological polar surface area (TPSA) is 33.3 Å². The molecule has 18 heavy (non-hydrogen) atoms. The molecule has 1 heterocycles. The van der Waals surface area contributed by atoms with Gasteiger partial charge in [0.15, 0.2) is 0 Å². The summed E-state index contributed by atoms with van der Waals surface area (Å²) in [6.07, 6.45) is 5.55. The first kappa shape index (κ1) is 14.3. The van der Waals surface area contributed by atoms with Gasteiger partial charge >= 0.3 is 0 Å². The van der Waals surface area contributed by atoms with Gasteiger partial charge in [-0.15, -0.1) is 0 Å². The standard InChI is InChI=1S/C15H30N2O/c1-5-15(7-6-8-16-10-15)11-17-12-9-13(18-4)14(12,2)3/h12-13,16-17H,5-11H2,1-4H3. The molecule has 0 amide bonds. The Morgan fingerprint density at radius 1 is 1.39 bits per heavy atom. The number of hydrogen-bond donors (Lipinski definition) is 2. The first-order valence-corrected chi connectivity index (χ1v) is 7.51. The van der Waals surface area contributed by atoms with Crippen LogP contribution in [-0.4, -0.2) is 38.9 Å². The van der Waals surface area contributed by atoms with Crippen LogP contribution in [0.4, 0.5) is 0 Å². The minimum Gasteiger partial charge on any atom is -0.381 e. The van der Waals surface area contributed by atoms with E-state index in [0.29, 0.717) is 17.6 Å². The molecule has 1 saturated heterocycles. The summed E-state index contributed by atoms with van der Waals surface area (Å²) in [5.41, 5.74) is 0.762. The van der Waals surface area contributed by atoms with Crippen molar-refractivity contribution in [2.24, 2.45) is 10.8 Å². The molecule has 2 fully saturated rings.